The third-order valence-corrected chi connectivity index (χ3v) is 4.55. The van der Waals surface area contributed by atoms with Gasteiger partial charge in [0.05, 0.1) is 5.69 Å². The molecule has 5 heteroatoms. The van der Waals surface area contributed by atoms with Gasteiger partial charge in [-0.15, -0.1) is 11.3 Å². The van der Waals surface area contributed by atoms with E-state index in [2.05, 4.69) is 17.0 Å². The van der Waals surface area contributed by atoms with Gasteiger partial charge in [0.25, 0.3) is 5.56 Å². The molecule has 0 aliphatic carbocycles. The number of benzene rings is 1. The maximum absolute atomic E-state index is 12.5. The molecule has 0 saturated carbocycles. The number of aryl methyl sites for hydroxylation is 1. The van der Waals surface area contributed by atoms with E-state index in [0.717, 1.165) is 41.8 Å². The molecule has 0 saturated heterocycles. The van der Waals surface area contributed by atoms with Gasteiger partial charge in [-0.3, -0.25) is 9.89 Å². The standard InChI is InChI=1S/C17H19N3OS/c1-3-4-10-14-12(2)19-20(16(14)21)17-18-15(11-22-17)13-8-6-5-7-9-13/h5-9,11,19H,3-4,10H2,1-2H3. The third kappa shape index (κ3) is 2.76. The van der Waals surface area contributed by atoms with Crippen LogP contribution in [-0.2, 0) is 6.42 Å². The quantitative estimate of drug-likeness (QED) is 0.775. The fourth-order valence-corrected chi connectivity index (χ4v) is 3.26. The highest BCUT2D eigenvalue weighted by Gasteiger charge is 2.14. The Morgan fingerprint density at radius 3 is 2.77 bits per heavy atom. The van der Waals surface area contributed by atoms with E-state index < -0.39 is 0 Å². The molecule has 4 nitrogen and oxygen atoms in total. The molecule has 2 aromatic heterocycles. The van der Waals surface area contributed by atoms with Crippen LogP contribution in [0.4, 0.5) is 0 Å². The first-order valence-corrected chi connectivity index (χ1v) is 8.40. The second kappa shape index (κ2) is 6.32. The molecular weight excluding hydrogens is 294 g/mol. The summed E-state index contributed by atoms with van der Waals surface area (Å²) >= 11 is 1.48. The van der Waals surface area contributed by atoms with E-state index in [1.807, 2.05) is 42.6 Å². The van der Waals surface area contributed by atoms with E-state index in [0.29, 0.717) is 5.13 Å². The molecular formula is C17H19N3OS. The zero-order valence-corrected chi connectivity index (χ0v) is 13.6. The summed E-state index contributed by atoms with van der Waals surface area (Å²) in [5.41, 5.74) is 3.80. The van der Waals surface area contributed by atoms with Crippen LogP contribution < -0.4 is 5.56 Å². The van der Waals surface area contributed by atoms with Crippen molar-refractivity contribution in [3.63, 3.8) is 0 Å². The molecule has 0 spiro atoms. The Morgan fingerprint density at radius 1 is 1.27 bits per heavy atom. The van der Waals surface area contributed by atoms with Gasteiger partial charge in [0, 0.05) is 22.2 Å². The number of aromatic nitrogens is 3. The van der Waals surface area contributed by atoms with Crippen molar-refractivity contribution < 1.29 is 0 Å². The molecule has 2 heterocycles. The van der Waals surface area contributed by atoms with Crippen molar-refractivity contribution in [1.29, 1.82) is 0 Å². The molecule has 0 aliphatic rings. The topological polar surface area (TPSA) is 50.7 Å². The Hall–Kier alpha value is -2.14. The van der Waals surface area contributed by atoms with Crippen LogP contribution in [0.3, 0.4) is 0 Å². The minimum atomic E-state index is 0.0277. The molecule has 1 N–H and O–H groups in total. The predicted molar refractivity (Wildman–Crippen MR) is 90.8 cm³/mol. The first kappa shape index (κ1) is 14.8. The van der Waals surface area contributed by atoms with Gasteiger partial charge in [0.2, 0.25) is 5.13 Å². The van der Waals surface area contributed by atoms with Gasteiger partial charge in [-0.2, -0.15) is 4.68 Å². The minimum absolute atomic E-state index is 0.0277. The van der Waals surface area contributed by atoms with Crippen LogP contribution in [0.1, 0.15) is 31.0 Å². The summed E-state index contributed by atoms with van der Waals surface area (Å²) in [6.07, 6.45) is 2.93. The fraction of sp³-hybridized carbons (Fsp3) is 0.294. The summed E-state index contributed by atoms with van der Waals surface area (Å²) in [5.74, 6) is 0. The van der Waals surface area contributed by atoms with Crippen molar-refractivity contribution in [3.8, 4) is 16.4 Å². The highest BCUT2D eigenvalue weighted by atomic mass is 32.1. The summed E-state index contributed by atoms with van der Waals surface area (Å²) in [6, 6.07) is 10.0. The van der Waals surface area contributed by atoms with Crippen LogP contribution >= 0.6 is 11.3 Å². The maximum Gasteiger partial charge on any atom is 0.276 e. The Balaban J connectivity index is 1.96. The zero-order valence-electron chi connectivity index (χ0n) is 12.8. The number of H-pyrrole nitrogens is 1. The van der Waals surface area contributed by atoms with Crippen molar-refractivity contribution in [3.05, 3.63) is 57.3 Å². The normalized spacial score (nSPS) is 11.0. The van der Waals surface area contributed by atoms with Gasteiger partial charge < -0.3 is 0 Å². The van der Waals surface area contributed by atoms with Crippen molar-refractivity contribution in [2.75, 3.05) is 0 Å². The van der Waals surface area contributed by atoms with E-state index in [9.17, 15) is 4.79 Å². The molecule has 0 bridgehead atoms. The van der Waals surface area contributed by atoms with Gasteiger partial charge in [-0.1, -0.05) is 43.7 Å². The second-order valence-corrected chi connectivity index (χ2v) is 6.18. The van der Waals surface area contributed by atoms with E-state index in [1.54, 1.807) is 4.68 Å². The van der Waals surface area contributed by atoms with Crippen LogP contribution in [0.25, 0.3) is 16.4 Å². The van der Waals surface area contributed by atoms with Crippen molar-refractivity contribution in [2.45, 2.75) is 33.1 Å². The number of hydrogen-bond acceptors (Lipinski definition) is 3. The number of rotatable bonds is 5. The fourth-order valence-electron chi connectivity index (χ4n) is 2.47. The molecule has 1 aromatic carbocycles. The van der Waals surface area contributed by atoms with E-state index in [1.165, 1.54) is 11.3 Å². The van der Waals surface area contributed by atoms with E-state index in [-0.39, 0.29) is 5.56 Å². The highest BCUT2D eigenvalue weighted by molar-refractivity contribution is 7.12. The first-order valence-electron chi connectivity index (χ1n) is 7.52. The average Bonchev–Trinajstić information content (AvgIpc) is 3.12. The third-order valence-electron chi connectivity index (χ3n) is 3.73. The lowest BCUT2D eigenvalue weighted by atomic mass is 10.1. The summed E-state index contributed by atoms with van der Waals surface area (Å²) in [7, 11) is 0. The number of unbranched alkanes of at least 4 members (excludes halogenated alkanes) is 1. The summed E-state index contributed by atoms with van der Waals surface area (Å²) in [5, 5.41) is 5.83. The van der Waals surface area contributed by atoms with Crippen LogP contribution in [0.2, 0.25) is 0 Å². The maximum atomic E-state index is 12.5. The first-order chi connectivity index (χ1) is 10.7. The number of thiazole rings is 1. The summed E-state index contributed by atoms with van der Waals surface area (Å²) in [6.45, 7) is 4.09. The molecule has 0 radical (unpaired) electrons. The monoisotopic (exact) mass is 313 g/mol. The zero-order chi connectivity index (χ0) is 15.5. The summed E-state index contributed by atoms with van der Waals surface area (Å²) < 4.78 is 1.57. The molecule has 22 heavy (non-hydrogen) atoms. The Morgan fingerprint density at radius 2 is 2.05 bits per heavy atom. The molecule has 0 fully saturated rings. The molecule has 0 unspecified atom stereocenters. The number of nitrogens with one attached hydrogen (secondary N) is 1. The van der Waals surface area contributed by atoms with Crippen LogP contribution in [-0.4, -0.2) is 14.8 Å². The van der Waals surface area contributed by atoms with Gasteiger partial charge in [0.15, 0.2) is 0 Å². The Labute approximate surface area is 133 Å². The van der Waals surface area contributed by atoms with Crippen LogP contribution in [0.5, 0.6) is 0 Å². The van der Waals surface area contributed by atoms with Gasteiger partial charge in [-0.05, 0) is 19.8 Å². The largest absolute Gasteiger partial charge is 0.293 e. The van der Waals surface area contributed by atoms with Gasteiger partial charge in [-0.25, -0.2) is 4.98 Å². The van der Waals surface area contributed by atoms with Gasteiger partial charge in [0.1, 0.15) is 0 Å². The lowest BCUT2D eigenvalue weighted by Gasteiger charge is -1.96. The molecule has 3 rings (SSSR count). The molecule has 0 aliphatic heterocycles. The van der Waals surface area contributed by atoms with Crippen LogP contribution in [0, 0.1) is 6.92 Å². The summed E-state index contributed by atoms with van der Waals surface area (Å²) in [4.78, 5) is 17.1. The number of hydrogen-bond donors (Lipinski definition) is 1. The highest BCUT2D eigenvalue weighted by Crippen LogP contribution is 2.23. The average molecular weight is 313 g/mol. The minimum Gasteiger partial charge on any atom is -0.293 e. The number of aromatic amines is 1. The SMILES string of the molecule is CCCCc1c(C)[nH]n(-c2nc(-c3ccccc3)cs2)c1=O. The van der Waals surface area contributed by atoms with Crippen molar-refractivity contribution >= 4 is 11.3 Å². The predicted octanol–water partition coefficient (Wildman–Crippen LogP) is 3.94. The van der Waals surface area contributed by atoms with Gasteiger partial charge >= 0.3 is 0 Å². The van der Waals surface area contributed by atoms with Crippen molar-refractivity contribution in [1.82, 2.24) is 14.8 Å². The molecule has 0 amide bonds. The molecule has 114 valence electrons. The van der Waals surface area contributed by atoms with E-state index in [4.69, 9.17) is 0 Å². The second-order valence-electron chi connectivity index (χ2n) is 5.34. The smallest absolute Gasteiger partial charge is 0.276 e. The molecule has 3 aromatic rings. The Bertz CT molecular complexity index is 814. The van der Waals surface area contributed by atoms with Crippen molar-refractivity contribution in [2.24, 2.45) is 0 Å². The lowest BCUT2D eigenvalue weighted by Crippen LogP contribution is -2.17. The van der Waals surface area contributed by atoms with E-state index >= 15 is 0 Å². The number of nitrogens with zero attached hydrogens (tertiary/aromatic N) is 2. The Kier molecular flexibility index (Phi) is 4.24. The van der Waals surface area contributed by atoms with Crippen LogP contribution in [0.15, 0.2) is 40.5 Å². The lowest BCUT2D eigenvalue weighted by molar-refractivity contribution is 0.784. The molecule has 0 atom stereocenters.